The van der Waals surface area contributed by atoms with Gasteiger partial charge in [0.1, 0.15) is 29.5 Å². The highest BCUT2D eigenvalue weighted by Crippen LogP contribution is 2.66. The number of piperidine rings is 1. The summed E-state index contributed by atoms with van der Waals surface area (Å²) in [5.74, 6) is 12.0. The number of phenolic OH excluding ortho intramolecular Hbond substituents is 2. The average molecular weight is 1230 g/mol. The van der Waals surface area contributed by atoms with E-state index in [4.69, 9.17) is 4.74 Å². The van der Waals surface area contributed by atoms with Crippen molar-refractivity contribution in [2.24, 2.45) is 35.0 Å². The van der Waals surface area contributed by atoms with Gasteiger partial charge >= 0.3 is 0 Å². The number of aromatic amines is 2. The van der Waals surface area contributed by atoms with E-state index in [0.717, 1.165) is 133 Å². The quantitative estimate of drug-likeness (QED) is 0.0558. The molecule has 6 aromatic rings. The lowest BCUT2D eigenvalue weighted by Gasteiger charge is -2.47. The number of nitrogens with one attached hydrogen (secondary N) is 4. The molecule has 13 heteroatoms. The number of aliphatic hydroxyl groups is 4. The summed E-state index contributed by atoms with van der Waals surface area (Å²) >= 11 is 0. The third-order valence-corrected chi connectivity index (χ3v) is 24.1. The number of anilines is 1. The Balaban J connectivity index is 1.02. The first-order valence-corrected chi connectivity index (χ1v) is 34.4. The molecule has 4 aliphatic heterocycles. The van der Waals surface area contributed by atoms with Gasteiger partial charge in [0, 0.05) is 78.4 Å². The summed E-state index contributed by atoms with van der Waals surface area (Å²) < 4.78 is 6.76. The van der Waals surface area contributed by atoms with Crippen LogP contribution in [0.5, 0.6) is 17.2 Å². The van der Waals surface area contributed by atoms with E-state index in [2.05, 4.69) is 86.7 Å². The maximum Gasteiger partial charge on any atom is 0.163 e. The Bertz CT molecular complexity index is 4130. The van der Waals surface area contributed by atoms with Crippen molar-refractivity contribution in [2.75, 3.05) is 18.5 Å². The molecule has 17 rings (SSSR count). The van der Waals surface area contributed by atoms with Crippen molar-refractivity contribution in [1.82, 2.24) is 15.3 Å². The number of phenols is 2. The van der Waals surface area contributed by atoms with Crippen LogP contribution >= 0.6 is 0 Å². The Morgan fingerprint density at radius 3 is 2.41 bits per heavy atom. The van der Waals surface area contributed by atoms with Gasteiger partial charge in [-0.15, -0.1) is 0 Å². The number of rotatable bonds is 6. The van der Waals surface area contributed by atoms with Crippen LogP contribution in [0, 0.1) is 58.7 Å². The van der Waals surface area contributed by atoms with Crippen LogP contribution in [0.1, 0.15) is 183 Å². The van der Waals surface area contributed by atoms with Crippen LogP contribution in [0.2, 0.25) is 0 Å². The van der Waals surface area contributed by atoms with Crippen LogP contribution in [0.4, 0.5) is 5.82 Å². The first kappa shape index (κ1) is 59.4. The molecule has 6 heterocycles. The van der Waals surface area contributed by atoms with Gasteiger partial charge in [0.15, 0.2) is 17.3 Å². The molecule has 11 aliphatic rings. The molecule has 7 aliphatic carbocycles. The summed E-state index contributed by atoms with van der Waals surface area (Å²) in [5, 5.41) is 84.9. The first-order chi connectivity index (χ1) is 44.8. The smallest absolute Gasteiger partial charge is 0.163 e. The zero-order chi connectivity index (χ0) is 62.6. The Hall–Kier alpha value is -7.62. The number of ether oxygens (including phenoxy) is 1. The lowest BCUT2D eigenvalue weighted by Crippen LogP contribution is -2.55. The molecule has 0 radical (unpaired) electrons. The Kier molecular flexibility index (Phi) is 15.1. The second kappa shape index (κ2) is 23.4. The first-order valence-electron chi connectivity index (χ1n) is 34.4. The minimum atomic E-state index is -1.51. The molecule has 474 valence electrons. The molecular formula is C79H84N4O9. The Labute approximate surface area is 538 Å². The summed E-state index contributed by atoms with van der Waals surface area (Å²) in [7, 11) is 0. The lowest BCUT2D eigenvalue weighted by atomic mass is 9.58. The van der Waals surface area contributed by atoms with E-state index in [0.29, 0.717) is 53.9 Å². The number of carbonyl (C=O) groups is 2. The average Bonchev–Trinajstić information content (AvgIpc) is 1.46. The van der Waals surface area contributed by atoms with Crippen LogP contribution < -0.4 is 15.4 Å². The summed E-state index contributed by atoms with van der Waals surface area (Å²) in [4.78, 5) is 40.0. The van der Waals surface area contributed by atoms with Gasteiger partial charge in [0.05, 0.1) is 35.6 Å². The van der Waals surface area contributed by atoms with Crippen molar-refractivity contribution in [1.29, 1.82) is 0 Å². The van der Waals surface area contributed by atoms with Crippen LogP contribution in [0.3, 0.4) is 0 Å². The molecule has 1 saturated heterocycles. The fourth-order valence-electron chi connectivity index (χ4n) is 19.5. The number of benzene rings is 4. The minimum Gasteiger partial charge on any atom is -0.507 e. The molecule has 0 amide bonds. The number of allylic oxidation sites excluding steroid dienone is 1. The molecular weight excluding hydrogens is 1150 g/mol. The lowest BCUT2D eigenvalue weighted by molar-refractivity contribution is -0.136. The number of H-pyrrole nitrogens is 2. The third-order valence-electron chi connectivity index (χ3n) is 24.1. The highest BCUT2D eigenvalue weighted by atomic mass is 16.5. The van der Waals surface area contributed by atoms with E-state index >= 15 is 9.59 Å². The van der Waals surface area contributed by atoms with E-state index in [1.54, 1.807) is 24.3 Å². The summed E-state index contributed by atoms with van der Waals surface area (Å²) in [6.45, 7) is 0.237. The third kappa shape index (κ3) is 9.93. The van der Waals surface area contributed by atoms with Crippen LogP contribution in [-0.2, 0) is 40.7 Å². The number of aliphatic hydroxyl groups excluding tert-OH is 3. The summed E-state index contributed by atoms with van der Waals surface area (Å²) in [6, 6.07) is 25.0. The molecule has 11 bridgehead atoms. The molecule has 13 nitrogen and oxygen atoms in total. The molecule has 92 heavy (non-hydrogen) atoms. The fourth-order valence-corrected chi connectivity index (χ4v) is 19.5. The van der Waals surface area contributed by atoms with Crippen LogP contribution in [-0.4, -0.2) is 95.2 Å². The summed E-state index contributed by atoms with van der Waals surface area (Å²) in [6.07, 6.45) is 17.4. The Morgan fingerprint density at radius 2 is 1.58 bits per heavy atom. The van der Waals surface area contributed by atoms with Crippen LogP contribution in [0.15, 0.2) is 103 Å². The van der Waals surface area contributed by atoms with Crippen molar-refractivity contribution in [2.45, 2.75) is 182 Å². The summed E-state index contributed by atoms with van der Waals surface area (Å²) in [5.41, 5.74) is 9.06. The highest BCUT2D eigenvalue weighted by Gasteiger charge is 2.63. The molecule has 12 unspecified atom stereocenters. The van der Waals surface area contributed by atoms with Gasteiger partial charge in [0.25, 0.3) is 0 Å². The molecule has 3 saturated carbocycles. The number of hydrogen-bond donors (Lipinski definition) is 10. The van der Waals surface area contributed by atoms with Crippen molar-refractivity contribution in [3.63, 3.8) is 0 Å². The fraction of sp³-hybridized carbons (Fsp3) is 0.468. The van der Waals surface area contributed by atoms with Crippen molar-refractivity contribution >= 4 is 29.0 Å². The maximum absolute atomic E-state index is 17.0. The van der Waals surface area contributed by atoms with Gasteiger partial charge in [-0.1, -0.05) is 91.1 Å². The van der Waals surface area contributed by atoms with E-state index in [1.807, 2.05) is 36.7 Å². The van der Waals surface area contributed by atoms with Crippen LogP contribution in [0.25, 0.3) is 22.8 Å². The number of hydrogen-bond acceptors (Lipinski definition) is 11. The van der Waals surface area contributed by atoms with Crippen molar-refractivity contribution in [3.05, 3.63) is 164 Å². The monoisotopic (exact) mass is 1230 g/mol. The van der Waals surface area contributed by atoms with Gasteiger partial charge < -0.3 is 56.0 Å². The van der Waals surface area contributed by atoms with E-state index in [1.165, 1.54) is 0 Å². The van der Waals surface area contributed by atoms with Gasteiger partial charge in [0.2, 0.25) is 0 Å². The number of fused-ring (bicyclic) bond motifs is 9. The number of ketones is 2. The van der Waals surface area contributed by atoms with E-state index in [-0.39, 0.29) is 102 Å². The number of aromatic nitrogens is 2. The molecule has 2 spiro atoms. The molecule has 4 fully saturated rings. The standard InChI is InChI=1S/C79H84N4O9/c84-36-27-56-66(86)22-18-45-38-60(73(88)67(39-45)92-51-11-2-3-12-51)72(87)59-41-50-40-49-25-34-81-76(49)83-64-21-19-55-63-20-17-46(44-82-63)37-48-9-1-4-13-52(48)58(59)42-62(50)79(75(55)90)33-32-77(28-5-6-29-77)68(79)16-8-14-57-69(64)70(74(56)89)61(54-26-35-80-71(54)57)43-78(91)30-23-47-10-7-15-65(85)53(47)24-31-78/h1,4,7,9-10,13,15,24-26,31,34-35,38-39,41-42,46,51,55-56,61,63-64,68,70,72,75,80-85,87-88,90-91H,2-3,5-6,11-12,14,17-18,20,22-23,27-30,32-33,36-37,40,43-44H2. The highest BCUT2D eigenvalue weighted by molar-refractivity contribution is 6.06. The second-order valence-corrected chi connectivity index (χ2v) is 29.1. The Morgan fingerprint density at radius 1 is 0.739 bits per heavy atom. The van der Waals surface area contributed by atoms with Gasteiger partial charge in [-0.05, 0) is 224 Å². The molecule has 10 N–H and O–H groups in total. The maximum atomic E-state index is 17.0. The second-order valence-electron chi connectivity index (χ2n) is 29.1. The number of aryl methyl sites for hydroxylation is 2. The van der Waals surface area contributed by atoms with Gasteiger partial charge in [-0.3, -0.25) is 9.59 Å². The van der Waals surface area contributed by atoms with Gasteiger partial charge in [-0.25, -0.2) is 0 Å². The molecule has 4 aromatic carbocycles. The predicted molar refractivity (Wildman–Crippen MR) is 354 cm³/mol. The largest absolute Gasteiger partial charge is 0.507 e. The zero-order valence-corrected chi connectivity index (χ0v) is 52.3. The molecule has 12 atom stereocenters. The van der Waals surface area contributed by atoms with Crippen molar-refractivity contribution < 1.29 is 45.0 Å². The topological polar surface area (TPSA) is 220 Å². The van der Waals surface area contributed by atoms with E-state index in [9.17, 15) is 30.6 Å². The van der Waals surface area contributed by atoms with Crippen molar-refractivity contribution in [3.8, 4) is 52.1 Å². The predicted octanol–water partition coefficient (Wildman–Crippen LogP) is 11.8. The van der Waals surface area contributed by atoms with E-state index < -0.39 is 59.5 Å². The SMILES string of the molecule is O=C1CCc2cc(OC3CCCC3)c(O)c(c2)C(O)c2cc3c4cc2-c2ccccc2CC2CCC(NC2)C2C#CC(Nc5[nH]ccc5C3)C3=C(CC#CC5C6(CCCC6)CCC45C2O)c2[nH]ccc2C(CC2(O)C=Cc4c(O)cccc4CC2)C3C(=O)C1CCO. The minimum absolute atomic E-state index is 0.0604. The zero-order valence-electron chi connectivity index (χ0n) is 52.3. The number of Topliss-reactive ketones (excluding diaryl/α,β-unsaturated/α-hetero) is 2. The number of aromatic hydroxyl groups is 2. The molecule has 2 aromatic heterocycles. The number of carbonyl (C=O) groups excluding carboxylic acids is 2. The van der Waals surface area contributed by atoms with Gasteiger partial charge in [-0.2, -0.15) is 0 Å². The normalized spacial score (nSPS) is 31.0.